The van der Waals surface area contributed by atoms with E-state index in [1.807, 2.05) is 44.2 Å². The molecule has 0 spiro atoms. The molecular formula is C44H73ClN4O13S3. The van der Waals surface area contributed by atoms with Crippen molar-refractivity contribution in [2.24, 2.45) is 28.4 Å². The van der Waals surface area contributed by atoms with Crippen molar-refractivity contribution in [1.29, 1.82) is 0 Å². The summed E-state index contributed by atoms with van der Waals surface area (Å²) in [5.41, 5.74) is 6.50. The van der Waals surface area contributed by atoms with Gasteiger partial charge in [-0.1, -0.05) is 84.7 Å². The highest BCUT2D eigenvalue weighted by Crippen LogP contribution is 2.37. The quantitative estimate of drug-likeness (QED) is 0.0831. The second-order valence-corrected chi connectivity index (χ2v) is 25.5. The number of benzene rings is 2. The molecule has 2 aromatic carbocycles. The number of carbonyl (C=O) groups excluding carboxylic acids is 1. The molecule has 0 saturated carbocycles. The molecule has 2 saturated heterocycles. The number of fused-ring (bicyclic) bond motifs is 2. The maximum Gasteiger partial charge on any atom is 0.407 e. The van der Waals surface area contributed by atoms with Crippen molar-refractivity contribution in [3.8, 4) is 11.5 Å². The molecule has 5 N–H and O–H groups in total. The zero-order valence-electron chi connectivity index (χ0n) is 39.2. The van der Waals surface area contributed by atoms with E-state index in [9.17, 15) is 35.2 Å². The summed E-state index contributed by atoms with van der Waals surface area (Å²) in [6.07, 6.45) is 5.83. The van der Waals surface area contributed by atoms with Crippen LogP contribution in [0.5, 0.6) is 11.5 Å². The second-order valence-electron chi connectivity index (χ2n) is 18.6. The molecule has 5 atom stereocenters. The maximum absolute atomic E-state index is 14.2. The summed E-state index contributed by atoms with van der Waals surface area (Å²) >= 11 is 0. The van der Waals surface area contributed by atoms with Crippen LogP contribution in [0.4, 0.5) is 4.79 Å². The first-order valence-corrected chi connectivity index (χ1v) is 28.1. The minimum absolute atomic E-state index is 0.0137. The van der Waals surface area contributed by atoms with Crippen LogP contribution in [0.3, 0.4) is 0 Å². The number of ether oxygens (including phenoxy) is 5. The van der Waals surface area contributed by atoms with E-state index < -0.39 is 58.9 Å². The summed E-state index contributed by atoms with van der Waals surface area (Å²) in [6, 6.07) is 13.0. The number of alkyl carbamates (subject to hydrolysis) is 1. The minimum atomic E-state index is -4.11. The molecule has 372 valence electrons. The van der Waals surface area contributed by atoms with Crippen LogP contribution in [0.1, 0.15) is 92.1 Å². The lowest BCUT2D eigenvalue weighted by molar-refractivity contribution is -0.0907. The average Bonchev–Trinajstić information content (AvgIpc) is 3.96. The smallest absolute Gasteiger partial charge is 0.407 e. The Kier molecular flexibility index (Phi) is 22.2. The Balaban J connectivity index is 0.000000468. The molecule has 0 aromatic heterocycles. The molecule has 0 aliphatic carbocycles. The van der Waals surface area contributed by atoms with Gasteiger partial charge in [0.2, 0.25) is 35.9 Å². The molecule has 4 unspecified atom stereocenters. The van der Waals surface area contributed by atoms with E-state index in [1.54, 1.807) is 6.07 Å². The van der Waals surface area contributed by atoms with Crippen LogP contribution in [0.2, 0.25) is 0 Å². The summed E-state index contributed by atoms with van der Waals surface area (Å²) in [4.78, 5) is 13.2. The van der Waals surface area contributed by atoms with Gasteiger partial charge in [0.05, 0.1) is 48.7 Å². The molecular weight excluding hydrogens is 924 g/mol. The van der Waals surface area contributed by atoms with Crippen molar-refractivity contribution >= 4 is 45.9 Å². The van der Waals surface area contributed by atoms with Crippen molar-refractivity contribution in [3.05, 3.63) is 54.1 Å². The normalized spacial score (nSPS) is 19.4. The molecule has 3 heterocycles. The molecule has 2 fully saturated rings. The molecule has 21 heteroatoms. The molecule has 17 nitrogen and oxygen atoms in total. The average molecular weight is 998 g/mol. The van der Waals surface area contributed by atoms with Crippen molar-refractivity contribution in [2.45, 2.75) is 122 Å². The fourth-order valence-corrected chi connectivity index (χ4v) is 9.53. The first kappa shape index (κ1) is 56.5. The van der Waals surface area contributed by atoms with Crippen molar-refractivity contribution in [3.63, 3.8) is 0 Å². The van der Waals surface area contributed by atoms with Crippen LogP contribution in [0, 0.1) is 22.7 Å². The van der Waals surface area contributed by atoms with E-state index in [2.05, 4.69) is 48.4 Å². The Bertz CT molecular complexity index is 2100. The number of carbonyl (C=O) groups is 1. The van der Waals surface area contributed by atoms with Crippen molar-refractivity contribution in [1.82, 2.24) is 14.3 Å². The summed E-state index contributed by atoms with van der Waals surface area (Å²) in [5.74, 6) is 1.44. The van der Waals surface area contributed by atoms with Gasteiger partial charge in [0.15, 0.2) is 17.8 Å². The van der Waals surface area contributed by atoms with Gasteiger partial charge in [-0.05, 0) is 79.5 Å². The van der Waals surface area contributed by atoms with Gasteiger partial charge in [0.1, 0.15) is 6.10 Å². The fraction of sp³-hybridized carbons (Fsp3) is 0.705. The predicted molar refractivity (Wildman–Crippen MR) is 251 cm³/mol. The zero-order chi connectivity index (χ0) is 48.6. The van der Waals surface area contributed by atoms with E-state index >= 15 is 0 Å². The van der Waals surface area contributed by atoms with Gasteiger partial charge in [-0.15, -0.1) is 0 Å². The van der Waals surface area contributed by atoms with E-state index in [4.69, 9.17) is 29.4 Å². The Morgan fingerprint density at radius 3 is 2.22 bits per heavy atom. The van der Waals surface area contributed by atoms with Crippen LogP contribution < -0.4 is 25.2 Å². The van der Waals surface area contributed by atoms with Gasteiger partial charge < -0.3 is 39.8 Å². The molecule has 0 radical (unpaired) electrons. The Morgan fingerprint density at radius 1 is 0.938 bits per heavy atom. The molecule has 2 aromatic rings. The highest BCUT2D eigenvalue weighted by Gasteiger charge is 2.44. The summed E-state index contributed by atoms with van der Waals surface area (Å²) < 4.78 is 100. The summed E-state index contributed by atoms with van der Waals surface area (Å²) in [5, 5.41) is 14.5. The number of aliphatic hydroxyl groups is 1. The molecule has 3 aliphatic rings. The van der Waals surface area contributed by atoms with E-state index in [0.29, 0.717) is 42.5 Å². The number of sulfonamides is 2. The standard InChI is InChI=1S/C32H45N3O9S.C11H25NO2S.CH3ClO2S/c1-32(2,13-6-7-14-33)20-35(45(38,39)23-10-11-27-28(17-23)43-21-42-27)18-26(36)25(16-22-8-4-3-5-9-22)34-31(37)44-29-19-41-30-24(29)12-15-40-30;1-10(2)11(3,4)8-6-7-9-12-15(5,13)14;1-5(2,3)4/h3-5,8-11,17,24-26,29-30,36H,6-7,12-16,18-21,33H2,1-2H3,(H,34,37);10,12H,6-9H2,1-5H3;1H3/t24?,25-,26?,29?,30?;;/m0../s1. The third-order valence-corrected chi connectivity index (χ3v) is 14.3. The van der Waals surface area contributed by atoms with Crippen LogP contribution in [0.15, 0.2) is 53.4 Å². The van der Waals surface area contributed by atoms with Crippen LogP contribution in [-0.2, 0) is 49.7 Å². The summed E-state index contributed by atoms with van der Waals surface area (Å²) in [6.45, 7) is 14.8. The monoisotopic (exact) mass is 996 g/mol. The lowest BCUT2D eigenvalue weighted by Crippen LogP contribution is -2.52. The largest absolute Gasteiger partial charge is 0.454 e. The van der Waals surface area contributed by atoms with Crippen molar-refractivity contribution < 1.29 is 58.8 Å². The van der Waals surface area contributed by atoms with E-state index in [-0.39, 0.29) is 50.0 Å². The predicted octanol–water partition coefficient (Wildman–Crippen LogP) is 5.59. The number of nitrogens with two attached hydrogens (primary N) is 1. The fourth-order valence-electron chi connectivity index (χ4n) is 7.35. The molecule has 65 heavy (non-hydrogen) atoms. The third kappa shape index (κ3) is 20.5. The topological polar surface area (TPSA) is 239 Å². The number of aliphatic hydroxyl groups excluding tert-OH is 1. The van der Waals surface area contributed by atoms with E-state index in [1.165, 1.54) is 22.7 Å². The number of unbranched alkanes of at least 4 members (excludes halogenated alkanes) is 2. The van der Waals surface area contributed by atoms with E-state index in [0.717, 1.165) is 56.8 Å². The first-order chi connectivity index (χ1) is 30.2. The van der Waals surface area contributed by atoms with Crippen LogP contribution >= 0.6 is 10.7 Å². The highest BCUT2D eigenvalue weighted by molar-refractivity contribution is 8.13. The SMILES string of the molecule is CC(C)(CCCCN)CN(CC(O)[C@H](Cc1ccccc1)NC(=O)OC1COC2OCCC12)S(=O)(=O)c1ccc2c(c1)OCO2.CC(C)C(C)(C)CCCCNS(C)(=O)=O.CS(=O)(=O)Cl. The number of hydrogen-bond acceptors (Lipinski definition) is 14. The second kappa shape index (κ2) is 25.5. The van der Waals surface area contributed by atoms with Gasteiger partial charge in [-0.25, -0.2) is 34.8 Å². The number of rotatable bonds is 22. The van der Waals surface area contributed by atoms with Gasteiger partial charge in [-0.2, -0.15) is 4.31 Å². The lowest BCUT2D eigenvalue weighted by Gasteiger charge is -2.35. The Labute approximate surface area is 392 Å². The van der Waals surface area contributed by atoms with Gasteiger partial charge in [0, 0.05) is 36.4 Å². The molecule has 3 aliphatic heterocycles. The molecule has 1 amide bonds. The summed E-state index contributed by atoms with van der Waals surface area (Å²) in [7, 11) is -5.80. The number of halogens is 1. The number of nitrogens with zero attached hydrogens (tertiary/aromatic N) is 1. The number of amides is 1. The van der Waals surface area contributed by atoms with Gasteiger partial charge >= 0.3 is 6.09 Å². The number of hydrogen-bond donors (Lipinski definition) is 4. The highest BCUT2D eigenvalue weighted by atomic mass is 35.7. The van der Waals surface area contributed by atoms with Gasteiger partial charge in [-0.3, -0.25) is 0 Å². The minimum Gasteiger partial charge on any atom is -0.454 e. The zero-order valence-corrected chi connectivity index (χ0v) is 42.4. The Morgan fingerprint density at radius 2 is 1.58 bits per heavy atom. The first-order valence-electron chi connectivity index (χ1n) is 22.1. The Hall–Kier alpha value is -2.79. The van der Waals surface area contributed by atoms with Gasteiger partial charge in [0.25, 0.3) is 0 Å². The number of nitrogens with one attached hydrogen (secondary N) is 2. The lowest BCUT2D eigenvalue weighted by atomic mass is 9.77. The van der Waals surface area contributed by atoms with Crippen molar-refractivity contribution in [2.75, 3.05) is 58.7 Å². The molecule has 0 bridgehead atoms. The van der Waals surface area contributed by atoms with Crippen LogP contribution in [-0.4, -0.2) is 124 Å². The van der Waals surface area contributed by atoms with Crippen LogP contribution in [0.25, 0.3) is 0 Å². The molecule has 5 rings (SSSR count). The maximum atomic E-state index is 14.2. The third-order valence-electron chi connectivity index (χ3n) is 11.8.